The van der Waals surface area contributed by atoms with Crippen LogP contribution < -0.4 is 21.5 Å². The van der Waals surface area contributed by atoms with Crippen molar-refractivity contribution in [1.82, 2.24) is 16.2 Å². The van der Waals surface area contributed by atoms with E-state index in [2.05, 4.69) is 40.5 Å². The predicted molar refractivity (Wildman–Crippen MR) is 121 cm³/mol. The van der Waals surface area contributed by atoms with Crippen LogP contribution in [0.25, 0.3) is 6.08 Å². The number of carbonyl (C=O) groups excluding carboxylic acids is 2. The van der Waals surface area contributed by atoms with Gasteiger partial charge in [0.2, 0.25) is 5.91 Å². The Kier molecular flexibility index (Phi) is 8.85. The summed E-state index contributed by atoms with van der Waals surface area (Å²) in [6, 6.07) is 17.2. The second-order valence-electron chi connectivity index (χ2n) is 6.48. The molecule has 0 saturated heterocycles. The van der Waals surface area contributed by atoms with Crippen LogP contribution in [0.3, 0.4) is 0 Å². The number of rotatable bonds is 7. The normalized spacial score (nSPS) is 10.8. The van der Waals surface area contributed by atoms with E-state index in [4.69, 9.17) is 12.2 Å². The highest BCUT2D eigenvalue weighted by Gasteiger charge is 2.11. The first-order valence-corrected chi connectivity index (χ1v) is 9.89. The smallest absolute Gasteiger partial charge is 0.286 e. The number of thiocarbonyl (C=S) groups is 1. The van der Waals surface area contributed by atoms with Gasteiger partial charge in [0, 0.05) is 12.6 Å². The van der Waals surface area contributed by atoms with Crippen molar-refractivity contribution in [2.45, 2.75) is 33.1 Å². The van der Waals surface area contributed by atoms with E-state index in [1.807, 2.05) is 42.5 Å². The Morgan fingerprint density at radius 2 is 1.69 bits per heavy atom. The maximum Gasteiger partial charge on any atom is 0.286 e. The summed E-state index contributed by atoms with van der Waals surface area (Å²) in [5, 5.41) is 5.78. The van der Waals surface area contributed by atoms with Crippen LogP contribution in [0.5, 0.6) is 0 Å². The fourth-order valence-corrected chi connectivity index (χ4v) is 2.71. The number of carbonyl (C=O) groups is 2. The summed E-state index contributed by atoms with van der Waals surface area (Å²) in [4.78, 5) is 23.9. The summed E-state index contributed by atoms with van der Waals surface area (Å²) in [6.45, 7) is 3.51. The molecule has 4 N–H and O–H groups in total. The lowest BCUT2D eigenvalue weighted by Gasteiger charge is -2.14. The van der Waals surface area contributed by atoms with Crippen LogP contribution in [-0.2, 0) is 16.0 Å². The van der Waals surface area contributed by atoms with Gasteiger partial charge >= 0.3 is 0 Å². The Labute approximate surface area is 176 Å². The molecule has 0 atom stereocenters. The molecule has 0 saturated carbocycles. The molecule has 0 aliphatic carbocycles. The molecule has 2 aromatic rings. The van der Waals surface area contributed by atoms with E-state index in [1.54, 1.807) is 6.08 Å². The summed E-state index contributed by atoms with van der Waals surface area (Å²) in [5.41, 5.74) is 8.13. The minimum Gasteiger partial charge on any atom is -0.331 e. The SMILES string of the molecule is CCCCc1ccc(NC(=S)NNC(=O)/C(=C/c2ccccc2)NC(C)=O)cc1. The van der Waals surface area contributed by atoms with E-state index >= 15 is 0 Å². The van der Waals surface area contributed by atoms with E-state index in [-0.39, 0.29) is 16.7 Å². The van der Waals surface area contributed by atoms with Gasteiger partial charge in [-0.05, 0) is 54.4 Å². The molecule has 0 aromatic heterocycles. The fraction of sp³-hybridized carbons (Fsp3) is 0.227. The quantitative estimate of drug-likeness (QED) is 0.319. The monoisotopic (exact) mass is 410 g/mol. The highest BCUT2D eigenvalue weighted by Crippen LogP contribution is 2.11. The van der Waals surface area contributed by atoms with Crippen molar-refractivity contribution >= 4 is 40.9 Å². The maximum atomic E-state index is 12.4. The van der Waals surface area contributed by atoms with Crippen LogP contribution >= 0.6 is 12.2 Å². The van der Waals surface area contributed by atoms with Gasteiger partial charge in [-0.1, -0.05) is 55.8 Å². The lowest BCUT2D eigenvalue weighted by Crippen LogP contribution is -2.46. The third-order valence-corrected chi connectivity index (χ3v) is 4.19. The molecule has 0 aliphatic heterocycles. The van der Waals surface area contributed by atoms with Gasteiger partial charge in [-0.3, -0.25) is 20.4 Å². The van der Waals surface area contributed by atoms with Gasteiger partial charge in [0.1, 0.15) is 5.70 Å². The summed E-state index contributed by atoms with van der Waals surface area (Å²) < 4.78 is 0. The first-order valence-electron chi connectivity index (χ1n) is 9.48. The van der Waals surface area contributed by atoms with Gasteiger partial charge in [0.15, 0.2) is 5.11 Å². The third-order valence-electron chi connectivity index (χ3n) is 3.99. The second kappa shape index (κ2) is 11.6. The minimum atomic E-state index is -0.511. The van der Waals surface area contributed by atoms with Crippen molar-refractivity contribution in [2.24, 2.45) is 0 Å². The topological polar surface area (TPSA) is 82.3 Å². The summed E-state index contributed by atoms with van der Waals surface area (Å²) in [6.07, 6.45) is 4.96. The van der Waals surface area contributed by atoms with Crippen molar-refractivity contribution in [3.8, 4) is 0 Å². The predicted octanol–water partition coefficient (Wildman–Crippen LogP) is 3.52. The molecule has 6 nitrogen and oxygen atoms in total. The van der Waals surface area contributed by atoms with Crippen LogP contribution in [0.15, 0.2) is 60.3 Å². The standard InChI is InChI=1S/C22H26N4O2S/c1-3-4-8-17-11-13-19(14-12-17)24-22(29)26-25-21(28)20(23-16(2)27)15-18-9-6-5-7-10-18/h5-7,9-15H,3-4,8H2,1-2H3,(H,23,27)(H,25,28)(H2,24,26,29)/b20-15-. The molecule has 0 heterocycles. The number of hydrogen-bond acceptors (Lipinski definition) is 3. The van der Waals surface area contributed by atoms with Crippen LogP contribution in [0, 0.1) is 0 Å². The average Bonchev–Trinajstić information content (AvgIpc) is 2.71. The van der Waals surface area contributed by atoms with E-state index in [0.717, 1.165) is 30.5 Å². The van der Waals surface area contributed by atoms with Gasteiger partial charge in [-0.25, -0.2) is 0 Å². The average molecular weight is 411 g/mol. The highest BCUT2D eigenvalue weighted by atomic mass is 32.1. The number of nitrogens with one attached hydrogen (secondary N) is 4. The van der Waals surface area contributed by atoms with Crippen LogP contribution in [-0.4, -0.2) is 16.9 Å². The fourth-order valence-electron chi connectivity index (χ4n) is 2.54. The molecular weight excluding hydrogens is 384 g/mol. The van der Waals surface area contributed by atoms with Crippen molar-refractivity contribution in [1.29, 1.82) is 0 Å². The Morgan fingerprint density at radius 3 is 2.31 bits per heavy atom. The number of amides is 2. The molecule has 0 fully saturated rings. The van der Waals surface area contributed by atoms with Gasteiger partial charge in [-0.15, -0.1) is 0 Å². The first-order chi connectivity index (χ1) is 14.0. The Hall–Kier alpha value is -3.19. The molecule has 0 bridgehead atoms. The molecule has 7 heteroatoms. The number of unbranched alkanes of at least 4 members (excludes halogenated alkanes) is 1. The number of benzene rings is 2. The van der Waals surface area contributed by atoms with Gasteiger partial charge in [-0.2, -0.15) is 0 Å². The Balaban J connectivity index is 1.92. The third kappa shape index (κ3) is 8.15. The highest BCUT2D eigenvalue weighted by molar-refractivity contribution is 7.80. The number of hydrogen-bond donors (Lipinski definition) is 4. The van der Waals surface area contributed by atoms with Gasteiger partial charge in [0.25, 0.3) is 5.91 Å². The molecule has 2 amide bonds. The maximum absolute atomic E-state index is 12.4. The molecule has 0 spiro atoms. The second-order valence-corrected chi connectivity index (χ2v) is 6.89. The van der Waals surface area contributed by atoms with Gasteiger partial charge in [0.05, 0.1) is 0 Å². The van der Waals surface area contributed by atoms with Crippen molar-refractivity contribution in [2.75, 3.05) is 5.32 Å². The van der Waals surface area contributed by atoms with Crippen molar-refractivity contribution in [3.63, 3.8) is 0 Å². The molecule has 0 aliphatic rings. The van der Waals surface area contributed by atoms with E-state index < -0.39 is 5.91 Å². The molecule has 0 radical (unpaired) electrons. The lowest BCUT2D eigenvalue weighted by atomic mass is 10.1. The Morgan fingerprint density at radius 1 is 1.00 bits per heavy atom. The van der Waals surface area contributed by atoms with E-state index in [9.17, 15) is 9.59 Å². The van der Waals surface area contributed by atoms with Crippen LogP contribution in [0.2, 0.25) is 0 Å². The van der Waals surface area contributed by atoms with Crippen LogP contribution in [0.4, 0.5) is 5.69 Å². The molecule has 2 rings (SSSR count). The molecular formula is C22H26N4O2S. The van der Waals surface area contributed by atoms with Crippen LogP contribution in [0.1, 0.15) is 37.8 Å². The molecule has 152 valence electrons. The summed E-state index contributed by atoms with van der Waals surface area (Å²) in [5.74, 6) is -0.852. The number of aryl methyl sites for hydroxylation is 1. The zero-order valence-electron chi connectivity index (χ0n) is 16.6. The molecule has 29 heavy (non-hydrogen) atoms. The van der Waals surface area contributed by atoms with Gasteiger partial charge < -0.3 is 10.6 Å². The summed E-state index contributed by atoms with van der Waals surface area (Å²) >= 11 is 5.22. The van der Waals surface area contributed by atoms with E-state index in [0.29, 0.717) is 0 Å². The minimum absolute atomic E-state index is 0.110. The van der Waals surface area contributed by atoms with Crippen molar-refractivity contribution < 1.29 is 9.59 Å². The number of hydrazine groups is 1. The molecule has 0 unspecified atom stereocenters. The largest absolute Gasteiger partial charge is 0.331 e. The lowest BCUT2D eigenvalue weighted by molar-refractivity contribution is -0.122. The molecule has 2 aromatic carbocycles. The Bertz CT molecular complexity index is 864. The number of anilines is 1. The van der Waals surface area contributed by atoms with Crippen molar-refractivity contribution in [3.05, 3.63) is 71.4 Å². The zero-order valence-corrected chi connectivity index (χ0v) is 17.4. The summed E-state index contributed by atoms with van der Waals surface area (Å²) in [7, 11) is 0. The van der Waals surface area contributed by atoms with E-state index in [1.165, 1.54) is 12.5 Å². The zero-order chi connectivity index (χ0) is 21.1. The first kappa shape index (κ1) is 22.1.